The van der Waals surface area contributed by atoms with Crippen LogP contribution in [0.25, 0.3) is 0 Å². The number of hydrogen-bond donors (Lipinski definition) is 1. The summed E-state index contributed by atoms with van der Waals surface area (Å²) in [6.07, 6.45) is 3.68. The van der Waals surface area contributed by atoms with E-state index in [4.69, 9.17) is 15.7 Å². The summed E-state index contributed by atoms with van der Waals surface area (Å²) >= 11 is 1.22. The fraction of sp³-hybridized carbons (Fsp3) is 0.308. The van der Waals surface area contributed by atoms with Crippen molar-refractivity contribution in [2.75, 3.05) is 24.3 Å². The summed E-state index contributed by atoms with van der Waals surface area (Å²) in [5.74, 6) is 0.400. The van der Waals surface area contributed by atoms with E-state index in [-0.39, 0.29) is 11.3 Å². The zero-order valence-corrected chi connectivity index (χ0v) is 12.2. The maximum Gasteiger partial charge on any atom is 0.343 e. The lowest BCUT2D eigenvalue weighted by Gasteiger charge is -2.28. The van der Waals surface area contributed by atoms with Crippen molar-refractivity contribution in [1.29, 1.82) is 5.26 Å². The Morgan fingerprint density at radius 2 is 2.38 bits per heavy atom. The van der Waals surface area contributed by atoms with Crippen LogP contribution in [-0.4, -0.2) is 29.2 Å². The van der Waals surface area contributed by atoms with Crippen LogP contribution < -0.4 is 10.6 Å². The molecule has 3 heterocycles. The maximum atomic E-state index is 12.0. The summed E-state index contributed by atoms with van der Waals surface area (Å²) in [6, 6.07) is 2.03. The van der Waals surface area contributed by atoms with Crippen LogP contribution in [0.4, 0.5) is 10.7 Å². The molecule has 0 aliphatic carbocycles. The molecule has 0 amide bonds. The number of hydrogen-bond acceptors (Lipinski definition) is 7. The number of fused-ring (bicyclic) bond motifs is 1. The molecule has 2 aromatic rings. The molecule has 0 aromatic carbocycles. The lowest BCUT2D eigenvalue weighted by molar-refractivity contribution is 0.0603. The standard InChI is InChI=1S/C13H13N5O2S/c1-20-13(19)10-11(15)8(6-14)21-12(10)18-5-4-17-3-2-16-9(17)7-18/h2-3H,4-5,7,15H2,1H3. The minimum absolute atomic E-state index is 0.193. The summed E-state index contributed by atoms with van der Waals surface area (Å²) in [7, 11) is 1.30. The average molecular weight is 303 g/mol. The van der Waals surface area contributed by atoms with Crippen molar-refractivity contribution < 1.29 is 9.53 Å². The second kappa shape index (κ2) is 5.10. The Balaban J connectivity index is 2.03. The van der Waals surface area contributed by atoms with Crippen LogP contribution in [0, 0.1) is 11.3 Å². The van der Waals surface area contributed by atoms with Gasteiger partial charge in [0.25, 0.3) is 0 Å². The molecule has 0 unspecified atom stereocenters. The predicted molar refractivity (Wildman–Crippen MR) is 78.1 cm³/mol. The minimum atomic E-state index is -0.519. The molecule has 0 bridgehead atoms. The van der Waals surface area contributed by atoms with Crippen molar-refractivity contribution in [2.45, 2.75) is 13.1 Å². The lowest BCUT2D eigenvalue weighted by atomic mass is 10.2. The van der Waals surface area contributed by atoms with Crippen LogP contribution in [-0.2, 0) is 17.8 Å². The van der Waals surface area contributed by atoms with Gasteiger partial charge in [0.2, 0.25) is 0 Å². The van der Waals surface area contributed by atoms with Crippen molar-refractivity contribution in [1.82, 2.24) is 9.55 Å². The smallest absolute Gasteiger partial charge is 0.343 e. The van der Waals surface area contributed by atoms with Gasteiger partial charge in [-0.1, -0.05) is 0 Å². The molecule has 0 saturated carbocycles. The zero-order chi connectivity index (χ0) is 15.0. The Morgan fingerprint density at radius 3 is 3.10 bits per heavy atom. The van der Waals surface area contributed by atoms with Crippen molar-refractivity contribution in [3.05, 3.63) is 28.7 Å². The lowest BCUT2D eigenvalue weighted by Crippen LogP contribution is -2.34. The number of carbonyl (C=O) groups is 1. The highest BCUT2D eigenvalue weighted by Crippen LogP contribution is 2.39. The molecule has 3 rings (SSSR count). The minimum Gasteiger partial charge on any atom is -0.465 e. The van der Waals surface area contributed by atoms with Crippen molar-refractivity contribution in [2.24, 2.45) is 0 Å². The average Bonchev–Trinajstić information content (AvgIpc) is 3.09. The first-order chi connectivity index (χ1) is 10.2. The number of methoxy groups -OCH3 is 1. The largest absolute Gasteiger partial charge is 0.465 e. The normalized spacial score (nSPS) is 13.6. The highest BCUT2D eigenvalue weighted by molar-refractivity contribution is 7.17. The van der Waals surface area contributed by atoms with Crippen molar-refractivity contribution in [3.8, 4) is 6.07 Å². The van der Waals surface area contributed by atoms with Gasteiger partial charge in [-0.15, -0.1) is 11.3 Å². The second-order valence-corrected chi connectivity index (χ2v) is 5.59. The van der Waals surface area contributed by atoms with Crippen LogP contribution >= 0.6 is 11.3 Å². The number of rotatable bonds is 2. The Labute approximate surface area is 125 Å². The zero-order valence-electron chi connectivity index (χ0n) is 11.4. The topological polar surface area (TPSA) is 97.2 Å². The summed E-state index contributed by atoms with van der Waals surface area (Å²) in [5.41, 5.74) is 6.38. The Kier molecular flexibility index (Phi) is 3.27. The van der Waals surface area contributed by atoms with E-state index >= 15 is 0 Å². The van der Waals surface area contributed by atoms with E-state index in [1.54, 1.807) is 6.20 Å². The highest BCUT2D eigenvalue weighted by atomic mass is 32.1. The number of nitrogen functional groups attached to an aromatic ring is 1. The van der Waals surface area contributed by atoms with Gasteiger partial charge in [0, 0.05) is 25.5 Å². The number of esters is 1. The first kappa shape index (κ1) is 13.5. The summed E-state index contributed by atoms with van der Waals surface area (Å²) in [5, 5.41) is 9.80. The van der Waals surface area contributed by atoms with E-state index in [1.165, 1.54) is 18.4 Å². The van der Waals surface area contributed by atoms with Gasteiger partial charge in [0.15, 0.2) is 0 Å². The molecule has 0 spiro atoms. The molecular weight excluding hydrogens is 290 g/mol. The predicted octanol–water partition coefficient (Wildman–Crippen LogP) is 1.21. The molecule has 8 heteroatoms. The van der Waals surface area contributed by atoms with Crippen LogP contribution in [0.15, 0.2) is 12.4 Å². The third kappa shape index (κ3) is 2.11. The molecule has 0 radical (unpaired) electrons. The molecule has 1 aliphatic rings. The number of anilines is 2. The van der Waals surface area contributed by atoms with Gasteiger partial charge < -0.3 is 19.9 Å². The van der Waals surface area contributed by atoms with Gasteiger partial charge in [0.05, 0.1) is 19.3 Å². The van der Waals surface area contributed by atoms with E-state index in [1.807, 2.05) is 17.2 Å². The Bertz CT molecular complexity index is 742. The molecule has 0 fully saturated rings. The number of ether oxygens (including phenoxy) is 1. The fourth-order valence-corrected chi connectivity index (χ4v) is 3.41. The van der Waals surface area contributed by atoms with Gasteiger partial charge in [-0.25, -0.2) is 9.78 Å². The number of thiophene rings is 1. The van der Waals surface area contributed by atoms with E-state index < -0.39 is 5.97 Å². The molecule has 0 saturated heterocycles. The van der Waals surface area contributed by atoms with Gasteiger partial charge in [-0.05, 0) is 0 Å². The number of imidazole rings is 1. The van der Waals surface area contributed by atoms with Crippen molar-refractivity contribution >= 4 is 28.0 Å². The van der Waals surface area contributed by atoms with E-state index in [9.17, 15) is 4.79 Å². The van der Waals surface area contributed by atoms with E-state index in [2.05, 4.69) is 9.55 Å². The molecular formula is C13H13N5O2S. The third-order valence-electron chi connectivity index (χ3n) is 3.45. The number of nitrogens with zero attached hydrogens (tertiary/aromatic N) is 4. The first-order valence-corrected chi connectivity index (χ1v) is 7.13. The van der Waals surface area contributed by atoms with Gasteiger partial charge in [-0.3, -0.25) is 0 Å². The molecule has 2 N–H and O–H groups in total. The maximum absolute atomic E-state index is 12.0. The Morgan fingerprint density at radius 1 is 1.57 bits per heavy atom. The van der Waals surface area contributed by atoms with Crippen molar-refractivity contribution in [3.63, 3.8) is 0 Å². The number of nitriles is 1. The van der Waals surface area contributed by atoms with Gasteiger partial charge in [-0.2, -0.15) is 5.26 Å². The molecule has 108 valence electrons. The second-order valence-electron chi connectivity index (χ2n) is 4.59. The molecule has 1 aliphatic heterocycles. The van der Waals surface area contributed by atoms with Crippen LogP contribution in [0.3, 0.4) is 0 Å². The van der Waals surface area contributed by atoms with Crippen LogP contribution in [0.1, 0.15) is 21.1 Å². The van der Waals surface area contributed by atoms with E-state index in [0.29, 0.717) is 16.4 Å². The van der Waals surface area contributed by atoms with Crippen LogP contribution in [0.2, 0.25) is 0 Å². The monoisotopic (exact) mass is 303 g/mol. The Hall–Kier alpha value is -2.53. The SMILES string of the molecule is COC(=O)c1c(N2CCn3ccnc3C2)sc(C#N)c1N. The molecule has 21 heavy (non-hydrogen) atoms. The summed E-state index contributed by atoms with van der Waals surface area (Å²) in [6.45, 7) is 2.07. The van der Waals surface area contributed by atoms with E-state index in [0.717, 1.165) is 18.9 Å². The number of aromatic nitrogens is 2. The molecule has 0 atom stereocenters. The number of carbonyl (C=O) groups excluding carboxylic acids is 1. The van der Waals surface area contributed by atoms with Gasteiger partial charge >= 0.3 is 5.97 Å². The quantitative estimate of drug-likeness (QED) is 0.837. The highest BCUT2D eigenvalue weighted by Gasteiger charge is 2.28. The first-order valence-electron chi connectivity index (χ1n) is 6.31. The number of nitrogens with two attached hydrogens (primary N) is 1. The molecule has 2 aromatic heterocycles. The summed E-state index contributed by atoms with van der Waals surface area (Å²) in [4.78, 5) is 18.6. The van der Waals surface area contributed by atoms with Crippen LogP contribution in [0.5, 0.6) is 0 Å². The fourth-order valence-electron chi connectivity index (χ4n) is 2.38. The third-order valence-corrected chi connectivity index (χ3v) is 4.62. The summed E-state index contributed by atoms with van der Waals surface area (Å²) < 4.78 is 6.86. The molecule has 7 nitrogen and oxygen atoms in total. The van der Waals surface area contributed by atoms with Gasteiger partial charge in [0.1, 0.15) is 27.3 Å².